The van der Waals surface area contributed by atoms with Crippen LogP contribution in [0.1, 0.15) is 11.4 Å². The Morgan fingerprint density at radius 1 is 1.16 bits per heavy atom. The van der Waals surface area contributed by atoms with Crippen molar-refractivity contribution in [2.45, 2.75) is 19.0 Å². The molecule has 0 aliphatic carbocycles. The molecule has 1 aliphatic heterocycles. The number of rotatable bonds is 5. The van der Waals surface area contributed by atoms with Crippen molar-refractivity contribution in [3.8, 4) is 0 Å². The van der Waals surface area contributed by atoms with Crippen LogP contribution >= 0.6 is 0 Å². The zero-order valence-corrected chi connectivity index (χ0v) is 14.0. The topological polar surface area (TPSA) is 117 Å². The van der Waals surface area contributed by atoms with E-state index >= 15 is 0 Å². The van der Waals surface area contributed by atoms with Crippen LogP contribution in [0.3, 0.4) is 0 Å². The molecule has 0 radical (unpaired) electrons. The fourth-order valence-electron chi connectivity index (χ4n) is 2.55. The van der Waals surface area contributed by atoms with E-state index in [0.717, 1.165) is 10.5 Å². The molecule has 0 bridgehead atoms. The Balaban J connectivity index is 1.75. The number of nitrogens with zero attached hydrogens (tertiary/aromatic N) is 5. The third-order valence-corrected chi connectivity index (χ3v) is 3.78. The standard InChI is InChI=1S/C16H19N7O2/c1-22(2)15-20-12(19-14(17)21-15)9-23-13(24)11(18-16(23)25)8-10-6-4-3-5-7-10/h3-7,11H,8-9H2,1-2H3,(H,18,25)(H2,17,19,20,21). The van der Waals surface area contributed by atoms with Crippen LogP contribution in [0.15, 0.2) is 30.3 Å². The third kappa shape index (κ3) is 3.65. The first-order chi connectivity index (χ1) is 11.9. The lowest BCUT2D eigenvalue weighted by Crippen LogP contribution is -2.33. The van der Waals surface area contributed by atoms with Gasteiger partial charge in [-0.3, -0.25) is 9.69 Å². The monoisotopic (exact) mass is 341 g/mol. The van der Waals surface area contributed by atoms with Crippen molar-refractivity contribution in [3.05, 3.63) is 41.7 Å². The van der Waals surface area contributed by atoms with Crippen molar-refractivity contribution in [3.63, 3.8) is 0 Å². The van der Waals surface area contributed by atoms with Crippen LogP contribution in [0.4, 0.5) is 16.7 Å². The Kier molecular flexibility index (Phi) is 4.46. The maximum Gasteiger partial charge on any atom is 0.325 e. The fraction of sp³-hybridized carbons (Fsp3) is 0.312. The van der Waals surface area contributed by atoms with Gasteiger partial charge >= 0.3 is 6.03 Å². The summed E-state index contributed by atoms with van der Waals surface area (Å²) in [6.07, 6.45) is 0.435. The van der Waals surface area contributed by atoms with Gasteiger partial charge in [-0.25, -0.2) is 4.79 Å². The summed E-state index contributed by atoms with van der Waals surface area (Å²) in [5.41, 5.74) is 6.65. The lowest BCUT2D eigenvalue weighted by atomic mass is 10.1. The molecule has 1 atom stereocenters. The number of imide groups is 1. The second kappa shape index (κ2) is 6.71. The van der Waals surface area contributed by atoms with Gasteiger partial charge in [-0.2, -0.15) is 15.0 Å². The minimum Gasteiger partial charge on any atom is -0.368 e. The highest BCUT2D eigenvalue weighted by molar-refractivity contribution is 6.04. The minimum absolute atomic E-state index is 0.0431. The number of nitrogen functional groups attached to an aromatic ring is 1. The van der Waals surface area contributed by atoms with Gasteiger partial charge in [0.1, 0.15) is 6.04 Å². The molecule has 0 saturated carbocycles. The van der Waals surface area contributed by atoms with E-state index in [2.05, 4.69) is 20.3 Å². The molecule has 1 aliphatic rings. The van der Waals surface area contributed by atoms with Gasteiger partial charge in [-0.1, -0.05) is 30.3 Å². The number of nitrogens with one attached hydrogen (secondary N) is 1. The van der Waals surface area contributed by atoms with E-state index < -0.39 is 12.1 Å². The van der Waals surface area contributed by atoms with E-state index in [0.29, 0.717) is 12.4 Å². The molecule has 1 aromatic carbocycles. The molecule has 1 fully saturated rings. The summed E-state index contributed by atoms with van der Waals surface area (Å²) in [7, 11) is 3.53. The van der Waals surface area contributed by atoms with Gasteiger partial charge in [0.25, 0.3) is 5.91 Å². The molecule has 2 aromatic rings. The normalized spacial score (nSPS) is 16.9. The summed E-state index contributed by atoms with van der Waals surface area (Å²) >= 11 is 0. The molecular formula is C16H19N7O2. The zero-order valence-electron chi connectivity index (χ0n) is 14.0. The Bertz CT molecular complexity index is 794. The fourth-order valence-corrected chi connectivity index (χ4v) is 2.55. The molecule has 9 nitrogen and oxygen atoms in total. The molecule has 9 heteroatoms. The van der Waals surface area contributed by atoms with E-state index in [4.69, 9.17) is 5.73 Å². The summed E-state index contributed by atoms with van der Waals surface area (Å²) in [6.45, 7) is -0.0521. The molecule has 1 unspecified atom stereocenters. The van der Waals surface area contributed by atoms with Crippen LogP contribution in [0.2, 0.25) is 0 Å². The van der Waals surface area contributed by atoms with E-state index in [9.17, 15) is 9.59 Å². The van der Waals surface area contributed by atoms with Crippen molar-refractivity contribution in [2.75, 3.05) is 24.7 Å². The number of hydrogen-bond donors (Lipinski definition) is 2. The number of hydrogen-bond acceptors (Lipinski definition) is 7. The predicted molar refractivity (Wildman–Crippen MR) is 91.6 cm³/mol. The lowest BCUT2D eigenvalue weighted by molar-refractivity contribution is -0.127. The first-order valence-electron chi connectivity index (χ1n) is 7.77. The van der Waals surface area contributed by atoms with Gasteiger partial charge in [0.15, 0.2) is 5.82 Å². The third-order valence-electron chi connectivity index (χ3n) is 3.78. The number of nitrogens with two attached hydrogens (primary N) is 1. The number of amides is 3. The van der Waals surface area contributed by atoms with E-state index in [-0.39, 0.29) is 24.2 Å². The SMILES string of the molecule is CN(C)c1nc(N)nc(CN2C(=O)NC(Cc3ccccc3)C2=O)n1. The first-order valence-corrected chi connectivity index (χ1v) is 7.77. The van der Waals surface area contributed by atoms with Crippen LogP contribution in [0.25, 0.3) is 0 Å². The Morgan fingerprint density at radius 3 is 2.56 bits per heavy atom. The maximum atomic E-state index is 12.6. The van der Waals surface area contributed by atoms with Crippen molar-refractivity contribution in [1.29, 1.82) is 0 Å². The summed E-state index contributed by atoms with van der Waals surface area (Å²) in [5.74, 6) is 0.372. The number of carbonyl (C=O) groups excluding carboxylic acids is 2. The number of benzene rings is 1. The number of aromatic nitrogens is 3. The maximum absolute atomic E-state index is 12.6. The lowest BCUT2D eigenvalue weighted by Gasteiger charge is -2.15. The average Bonchev–Trinajstić information content (AvgIpc) is 2.83. The van der Waals surface area contributed by atoms with E-state index in [1.165, 1.54) is 0 Å². The molecular weight excluding hydrogens is 322 g/mol. The predicted octanol–water partition coefficient (Wildman–Crippen LogP) is 0.183. The molecule has 3 rings (SSSR count). The van der Waals surface area contributed by atoms with Crippen LogP contribution < -0.4 is 16.0 Å². The average molecular weight is 341 g/mol. The number of anilines is 2. The summed E-state index contributed by atoms with van der Waals surface area (Å²) in [4.78, 5) is 39.7. The Hall–Kier alpha value is -3.23. The molecule has 1 saturated heterocycles. The van der Waals surface area contributed by atoms with Crippen molar-refractivity contribution in [2.24, 2.45) is 0 Å². The zero-order chi connectivity index (χ0) is 18.0. The van der Waals surface area contributed by atoms with Crippen LogP contribution in [0, 0.1) is 0 Å². The largest absolute Gasteiger partial charge is 0.368 e. The van der Waals surface area contributed by atoms with Crippen molar-refractivity contribution >= 4 is 23.8 Å². The van der Waals surface area contributed by atoms with Gasteiger partial charge in [-0.15, -0.1) is 0 Å². The van der Waals surface area contributed by atoms with Crippen LogP contribution in [0.5, 0.6) is 0 Å². The highest BCUT2D eigenvalue weighted by atomic mass is 16.2. The summed E-state index contributed by atoms with van der Waals surface area (Å²) in [6, 6.07) is 8.46. The minimum atomic E-state index is -0.595. The van der Waals surface area contributed by atoms with Crippen molar-refractivity contribution < 1.29 is 9.59 Å². The van der Waals surface area contributed by atoms with E-state index in [1.54, 1.807) is 19.0 Å². The van der Waals surface area contributed by atoms with Gasteiger partial charge in [-0.05, 0) is 5.56 Å². The molecule has 1 aromatic heterocycles. The van der Waals surface area contributed by atoms with Gasteiger partial charge in [0.2, 0.25) is 11.9 Å². The second-order valence-corrected chi connectivity index (χ2v) is 5.92. The first kappa shape index (κ1) is 16.6. The number of urea groups is 1. The molecule has 2 heterocycles. The van der Waals surface area contributed by atoms with Gasteiger partial charge < -0.3 is 16.0 Å². The molecule has 0 spiro atoms. The van der Waals surface area contributed by atoms with Gasteiger partial charge in [0, 0.05) is 20.5 Å². The van der Waals surface area contributed by atoms with Crippen LogP contribution in [-0.2, 0) is 17.8 Å². The quantitative estimate of drug-likeness (QED) is 0.745. The summed E-state index contributed by atoms with van der Waals surface area (Å²) < 4.78 is 0. The van der Waals surface area contributed by atoms with Gasteiger partial charge in [0.05, 0.1) is 6.54 Å². The summed E-state index contributed by atoms with van der Waals surface area (Å²) in [5, 5.41) is 2.70. The molecule has 130 valence electrons. The Morgan fingerprint density at radius 2 is 1.88 bits per heavy atom. The smallest absolute Gasteiger partial charge is 0.325 e. The molecule has 25 heavy (non-hydrogen) atoms. The van der Waals surface area contributed by atoms with Crippen molar-refractivity contribution in [1.82, 2.24) is 25.2 Å². The van der Waals surface area contributed by atoms with Crippen LogP contribution in [-0.4, -0.2) is 51.9 Å². The second-order valence-electron chi connectivity index (χ2n) is 5.92. The molecule has 3 amide bonds. The highest BCUT2D eigenvalue weighted by Gasteiger charge is 2.38. The highest BCUT2D eigenvalue weighted by Crippen LogP contribution is 2.15. The number of carbonyl (C=O) groups is 2. The Labute approximate surface area is 144 Å². The van der Waals surface area contributed by atoms with E-state index in [1.807, 2.05) is 30.3 Å². The molecule has 3 N–H and O–H groups in total.